The SMILES string of the molecule is COC(=O)[C@@H](N)CC1(F)CC1. The van der Waals surface area contributed by atoms with Crippen molar-refractivity contribution < 1.29 is 13.9 Å². The average Bonchev–Trinajstić information content (AvgIpc) is 2.66. The van der Waals surface area contributed by atoms with E-state index >= 15 is 0 Å². The fourth-order valence-corrected chi connectivity index (χ4v) is 0.969. The summed E-state index contributed by atoms with van der Waals surface area (Å²) in [5.41, 5.74) is 4.17. The minimum atomic E-state index is -1.17. The van der Waals surface area contributed by atoms with Crippen molar-refractivity contribution in [1.82, 2.24) is 0 Å². The van der Waals surface area contributed by atoms with Gasteiger partial charge in [0.2, 0.25) is 0 Å². The third-order valence-electron chi connectivity index (χ3n) is 1.88. The molecule has 11 heavy (non-hydrogen) atoms. The first kappa shape index (κ1) is 8.46. The molecule has 0 aromatic carbocycles. The van der Waals surface area contributed by atoms with Gasteiger partial charge in [-0.15, -0.1) is 0 Å². The zero-order valence-electron chi connectivity index (χ0n) is 6.47. The van der Waals surface area contributed by atoms with Crippen LogP contribution in [0.25, 0.3) is 0 Å². The Bertz CT molecular complexity index is 168. The summed E-state index contributed by atoms with van der Waals surface area (Å²) in [6, 6.07) is -0.799. The summed E-state index contributed by atoms with van der Waals surface area (Å²) in [5.74, 6) is -0.533. The average molecular weight is 161 g/mol. The fourth-order valence-electron chi connectivity index (χ4n) is 0.969. The van der Waals surface area contributed by atoms with Crippen molar-refractivity contribution in [3.05, 3.63) is 0 Å². The van der Waals surface area contributed by atoms with E-state index in [9.17, 15) is 9.18 Å². The van der Waals surface area contributed by atoms with E-state index in [-0.39, 0.29) is 6.42 Å². The molecule has 0 unspecified atom stereocenters. The second-order valence-corrected chi connectivity index (χ2v) is 2.98. The van der Waals surface area contributed by atoms with Crippen LogP contribution in [0.4, 0.5) is 4.39 Å². The van der Waals surface area contributed by atoms with Crippen LogP contribution in [0, 0.1) is 0 Å². The van der Waals surface area contributed by atoms with E-state index in [2.05, 4.69) is 4.74 Å². The Morgan fingerprint density at radius 2 is 2.36 bits per heavy atom. The summed E-state index contributed by atoms with van der Waals surface area (Å²) in [5, 5.41) is 0. The molecule has 1 fully saturated rings. The molecule has 4 heteroatoms. The number of hydrogen-bond donors (Lipinski definition) is 1. The Kier molecular flexibility index (Phi) is 2.13. The molecule has 1 saturated carbocycles. The van der Waals surface area contributed by atoms with E-state index in [1.54, 1.807) is 0 Å². The molecule has 1 atom stereocenters. The van der Waals surface area contributed by atoms with Gasteiger partial charge in [-0.25, -0.2) is 4.39 Å². The van der Waals surface area contributed by atoms with E-state index in [4.69, 9.17) is 5.73 Å². The lowest BCUT2D eigenvalue weighted by atomic mass is 10.1. The summed E-state index contributed by atoms with van der Waals surface area (Å²) in [4.78, 5) is 10.7. The number of rotatable bonds is 3. The van der Waals surface area contributed by atoms with Gasteiger partial charge in [-0.1, -0.05) is 0 Å². The Hall–Kier alpha value is -0.640. The predicted molar refractivity (Wildman–Crippen MR) is 37.7 cm³/mol. The number of hydrogen-bond acceptors (Lipinski definition) is 3. The van der Waals surface area contributed by atoms with Gasteiger partial charge in [0.1, 0.15) is 11.7 Å². The molecule has 1 rings (SSSR count). The molecule has 1 aliphatic rings. The largest absolute Gasteiger partial charge is 0.468 e. The molecule has 1 aliphatic carbocycles. The Balaban J connectivity index is 2.31. The molecule has 0 heterocycles. The summed E-state index contributed by atoms with van der Waals surface area (Å²) in [7, 11) is 1.25. The third-order valence-corrected chi connectivity index (χ3v) is 1.88. The van der Waals surface area contributed by atoms with Crippen molar-refractivity contribution in [2.24, 2.45) is 5.73 Å². The Morgan fingerprint density at radius 1 is 1.82 bits per heavy atom. The molecule has 0 aromatic rings. The van der Waals surface area contributed by atoms with Gasteiger partial charge >= 0.3 is 5.97 Å². The third kappa shape index (κ3) is 2.15. The van der Waals surface area contributed by atoms with Gasteiger partial charge in [0.05, 0.1) is 7.11 Å². The second kappa shape index (κ2) is 2.77. The number of carbonyl (C=O) groups is 1. The molecule has 0 aromatic heterocycles. The number of methoxy groups -OCH3 is 1. The van der Waals surface area contributed by atoms with Crippen LogP contribution in [0.2, 0.25) is 0 Å². The number of esters is 1. The molecule has 2 N–H and O–H groups in total. The van der Waals surface area contributed by atoms with Crippen LogP contribution in [-0.2, 0) is 9.53 Å². The lowest BCUT2D eigenvalue weighted by Gasteiger charge is -2.10. The smallest absolute Gasteiger partial charge is 0.322 e. The van der Waals surface area contributed by atoms with E-state index in [0.29, 0.717) is 12.8 Å². The van der Waals surface area contributed by atoms with Gasteiger partial charge in [0.15, 0.2) is 0 Å². The zero-order valence-corrected chi connectivity index (χ0v) is 6.47. The van der Waals surface area contributed by atoms with Crippen LogP contribution < -0.4 is 5.73 Å². The first-order valence-corrected chi connectivity index (χ1v) is 3.60. The van der Waals surface area contributed by atoms with E-state index in [1.165, 1.54) is 7.11 Å². The van der Waals surface area contributed by atoms with Crippen molar-refractivity contribution in [1.29, 1.82) is 0 Å². The number of alkyl halides is 1. The van der Waals surface area contributed by atoms with Gasteiger partial charge in [-0.2, -0.15) is 0 Å². The van der Waals surface area contributed by atoms with Crippen molar-refractivity contribution in [2.75, 3.05) is 7.11 Å². The van der Waals surface area contributed by atoms with Crippen molar-refractivity contribution in [3.8, 4) is 0 Å². The molecule has 0 bridgehead atoms. The second-order valence-electron chi connectivity index (χ2n) is 2.98. The minimum Gasteiger partial charge on any atom is -0.468 e. The van der Waals surface area contributed by atoms with E-state index in [1.807, 2.05) is 0 Å². The first-order valence-electron chi connectivity index (χ1n) is 3.60. The maximum atomic E-state index is 13.0. The normalized spacial score (nSPS) is 22.5. The fraction of sp³-hybridized carbons (Fsp3) is 0.857. The maximum Gasteiger partial charge on any atom is 0.322 e. The number of nitrogens with two attached hydrogens (primary N) is 1. The first-order chi connectivity index (χ1) is 5.07. The zero-order chi connectivity index (χ0) is 8.48. The number of ether oxygens (including phenoxy) is 1. The lowest BCUT2D eigenvalue weighted by molar-refractivity contribution is -0.142. The molecule has 64 valence electrons. The standard InChI is InChI=1S/C7H12FNO2/c1-11-6(10)5(9)4-7(8)2-3-7/h5H,2-4,9H2,1H3/t5-/m0/s1. The quantitative estimate of drug-likeness (QED) is 0.609. The minimum absolute atomic E-state index is 0.0969. The maximum absolute atomic E-state index is 13.0. The van der Waals surface area contributed by atoms with Crippen LogP contribution in [0.15, 0.2) is 0 Å². The predicted octanol–water partition coefficient (Wildman–Crippen LogP) is 0.379. The highest BCUT2D eigenvalue weighted by atomic mass is 19.1. The van der Waals surface area contributed by atoms with Gasteiger partial charge in [-0.3, -0.25) is 4.79 Å². The van der Waals surface area contributed by atoms with Crippen molar-refractivity contribution >= 4 is 5.97 Å². The van der Waals surface area contributed by atoms with Crippen molar-refractivity contribution in [3.63, 3.8) is 0 Å². The topological polar surface area (TPSA) is 52.3 Å². The molecular weight excluding hydrogens is 149 g/mol. The van der Waals surface area contributed by atoms with Gasteiger partial charge in [0.25, 0.3) is 0 Å². The number of carbonyl (C=O) groups excluding carboxylic acids is 1. The van der Waals surface area contributed by atoms with Crippen LogP contribution in [0.3, 0.4) is 0 Å². The van der Waals surface area contributed by atoms with Crippen LogP contribution in [-0.4, -0.2) is 24.8 Å². The summed E-state index contributed by atoms with van der Waals surface area (Å²) < 4.78 is 17.3. The van der Waals surface area contributed by atoms with Gasteiger partial charge in [-0.05, 0) is 12.8 Å². The molecule has 0 amide bonds. The summed E-state index contributed by atoms with van der Waals surface area (Å²) >= 11 is 0. The summed E-state index contributed by atoms with van der Waals surface area (Å²) in [6.07, 6.45) is 1.15. The van der Waals surface area contributed by atoms with Gasteiger partial charge in [0, 0.05) is 6.42 Å². The molecule has 0 aliphatic heterocycles. The monoisotopic (exact) mass is 161 g/mol. The number of halogens is 1. The molecular formula is C7H12FNO2. The van der Waals surface area contributed by atoms with Gasteiger partial charge < -0.3 is 10.5 Å². The lowest BCUT2D eigenvalue weighted by Crippen LogP contribution is -2.34. The van der Waals surface area contributed by atoms with Crippen molar-refractivity contribution in [2.45, 2.75) is 31.0 Å². The Morgan fingerprint density at radius 3 is 2.73 bits per heavy atom. The molecule has 3 nitrogen and oxygen atoms in total. The van der Waals surface area contributed by atoms with E-state index < -0.39 is 17.7 Å². The van der Waals surface area contributed by atoms with Crippen LogP contribution in [0.1, 0.15) is 19.3 Å². The molecule has 0 spiro atoms. The van der Waals surface area contributed by atoms with Crippen LogP contribution in [0.5, 0.6) is 0 Å². The highest BCUT2D eigenvalue weighted by Crippen LogP contribution is 2.43. The highest BCUT2D eigenvalue weighted by molar-refractivity contribution is 5.75. The summed E-state index contributed by atoms with van der Waals surface area (Å²) in [6.45, 7) is 0. The Labute approximate surface area is 64.7 Å². The molecule has 0 radical (unpaired) electrons. The molecule has 0 saturated heterocycles. The van der Waals surface area contributed by atoms with Crippen LogP contribution >= 0.6 is 0 Å². The highest BCUT2D eigenvalue weighted by Gasteiger charge is 2.45. The van der Waals surface area contributed by atoms with E-state index in [0.717, 1.165) is 0 Å².